The number of rotatable bonds is 4. The van der Waals surface area contributed by atoms with E-state index in [0.29, 0.717) is 0 Å². The number of aromatic nitrogens is 3. The van der Waals surface area contributed by atoms with Gasteiger partial charge in [0, 0.05) is 6.07 Å². The van der Waals surface area contributed by atoms with E-state index in [-0.39, 0.29) is 23.5 Å². The zero-order valence-electron chi connectivity index (χ0n) is 10.8. The van der Waals surface area contributed by atoms with Crippen molar-refractivity contribution in [3.05, 3.63) is 41.2 Å². The molecule has 1 aromatic carbocycles. The first-order valence-corrected chi connectivity index (χ1v) is 5.75. The van der Waals surface area contributed by atoms with Gasteiger partial charge in [-0.3, -0.25) is 4.79 Å². The molecule has 0 aliphatic rings. The fraction of sp³-hybridized carbons (Fsp3) is 0.167. The molecule has 21 heavy (non-hydrogen) atoms. The molecule has 7 nitrogen and oxygen atoms in total. The molecule has 1 heterocycles. The van der Waals surface area contributed by atoms with E-state index in [1.807, 2.05) is 0 Å². The van der Waals surface area contributed by atoms with E-state index in [0.717, 1.165) is 23.0 Å². The highest BCUT2D eigenvalue weighted by Gasteiger charge is 2.13. The zero-order chi connectivity index (χ0) is 15.6. The van der Waals surface area contributed by atoms with Crippen LogP contribution in [0.1, 0.15) is 16.1 Å². The summed E-state index contributed by atoms with van der Waals surface area (Å²) < 4.78 is 27.8. The van der Waals surface area contributed by atoms with Crippen molar-refractivity contribution in [2.75, 3.05) is 5.32 Å². The number of nitrogens with one attached hydrogen (secondary N) is 1. The Morgan fingerprint density at radius 2 is 2.05 bits per heavy atom. The van der Waals surface area contributed by atoms with Crippen LogP contribution in [0, 0.1) is 18.6 Å². The normalized spacial score (nSPS) is 10.4. The van der Waals surface area contributed by atoms with Gasteiger partial charge in [0.15, 0.2) is 5.69 Å². The van der Waals surface area contributed by atoms with Gasteiger partial charge in [-0.2, -0.15) is 0 Å². The van der Waals surface area contributed by atoms with Crippen molar-refractivity contribution >= 4 is 17.6 Å². The lowest BCUT2D eigenvalue weighted by Crippen LogP contribution is -2.20. The third-order valence-electron chi connectivity index (χ3n) is 2.59. The molecule has 1 amide bonds. The second-order valence-electron chi connectivity index (χ2n) is 4.24. The zero-order valence-corrected chi connectivity index (χ0v) is 10.8. The number of halogens is 2. The summed E-state index contributed by atoms with van der Waals surface area (Å²) in [5, 5.41) is 17.6. The summed E-state index contributed by atoms with van der Waals surface area (Å²) in [7, 11) is 0. The standard InChI is InChI=1S/C12H10F2N4O3/c1-6-2-8(14)9(3-7(6)13)15-11(19)5-18-4-10(12(20)21)16-17-18/h2-4H,5H2,1H3,(H,15,19)(H,20,21). The van der Waals surface area contributed by atoms with Gasteiger partial charge in [-0.15, -0.1) is 5.10 Å². The van der Waals surface area contributed by atoms with Crippen molar-refractivity contribution in [1.82, 2.24) is 15.0 Å². The van der Waals surface area contributed by atoms with Crippen molar-refractivity contribution in [2.45, 2.75) is 13.5 Å². The lowest BCUT2D eigenvalue weighted by atomic mass is 10.2. The molecule has 1 aromatic heterocycles. The van der Waals surface area contributed by atoms with Gasteiger partial charge in [-0.05, 0) is 18.6 Å². The quantitative estimate of drug-likeness (QED) is 0.883. The van der Waals surface area contributed by atoms with Crippen LogP contribution in [0.4, 0.5) is 14.5 Å². The molecule has 0 unspecified atom stereocenters. The second-order valence-corrected chi connectivity index (χ2v) is 4.24. The van der Waals surface area contributed by atoms with Gasteiger partial charge >= 0.3 is 5.97 Å². The average molecular weight is 296 g/mol. The minimum absolute atomic E-state index is 0.118. The predicted octanol–water partition coefficient (Wildman–Crippen LogP) is 1.20. The number of aryl methyl sites for hydroxylation is 1. The molecule has 0 bridgehead atoms. The number of hydrogen-bond donors (Lipinski definition) is 2. The molecule has 2 rings (SSSR count). The van der Waals surface area contributed by atoms with Gasteiger partial charge < -0.3 is 10.4 Å². The smallest absolute Gasteiger partial charge is 0.358 e. The van der Waals surface area contributed by atoms with Crippen LogP contribution in [0.5, 0.6) is 0 Å². The molecule has 0 radical (unpaired) electrons. The van der Waals surface area contributed by atoms with E-state index < -0.39 is 23.5 Å². The number of carbonyl (C=O) groups excluding carboxylic acids is 1. The number of nitrogens with zero attached hydrogens (tertiary/aromatic N) is 3. The highest BCUT2D eigenvalue weighted by molar-refractivity contribution is 5.91. The second kappa shape index (κ2) is 5.65. The summed E-state index contributed by atoms with van der Waals surface area (Å²) >= 11 is 0. The number of carboxylic acid groups (broad SMARTS) is 1. The molecule has 0 spiro atoms. The van der Waals surface area contributed by atoms with Gasteiger partial charge in [0.2, 0.25) is 5.91 Å². The molecular formula is C12H10F2N4O3. The summed E-state index contributed by atoms with van der Waals surface area (Å²) in [6.45, 7) is 1.02. The van der Waals surface area contributed by atoms with Gasteiger partial charge in [0.25, 0.3) is 0 Å². The van der Waals surface area contributed by atoms with Crippen molar-refractivity contribution in [3.8, 4) is 0 Å². The lowest BCUT2D eigenvalue weighted by molar-refractivity contribution is -0.117. The van der Waals surface area contributed by atoms with Crippen LogP contribution >= 0.6 is 0 Å². The van der Waals surface area contributed by atoms with E-state index in [1.165, 1.54) is 6.92 Å². The van der Waals surface area contributed by atoms with Crippen LogP contribution in [0.2, 0.25) is 0 Å². The topological polar surface area (TPSA) is 97.1 Å². The molecule has 2 N–H and O–H groups in total. The minimum atomic E-state index is -1.28. The number of anilines is 1. The maximum atomic E-state index is 13.5. The Morgan fingerprint density at radius 1 is 1.33 bits per heavy atom. The number of amides is 1. The molecular weight excluding hydrogens is 286 g/mol. The van der Waals surface area contributed by atoms with Gasteiger partial charge in [-0.1, -0.05) is 5.21 Å². The first-order valence-electron chi connectivity index (χ1n) is 5.75. The molecule has 0 aliphatic heterocycles. The fourth-order valence-electron chi connectivity index (χ4n) is 1.55. The van der Waals surface area contributed by atoms with Crippen LogP contribution in [-0.4, -0.2) is 32.0 Å². The van der Waals surface area contributed by atoms with Crippen molar-refractivity contribution in [1.29, 1.82) is 0 Å². The van der Waals surface area contributed by atoms with Gasteiger partial charge in [-0.25, -0.2) is 18.3 Å². The molecule has 2 aromatic rings. The predicted molar refractivity (Wildman–Crippen MR) is 66.7 cm³/mol. The summed E-state index contributed by atoms with van der Waals surface area (Å²) in [4.78, 5) is 22.3. The third-order valence-corrected chi connectivity index (χ3v) is 2.59. The maximum absolute atomic E-state index is 13.5. The van der Waals surface area contributed by atoms with Crippen LogP contribution in [0.3, 0.4) is 0 Å². The van der Waals surface area contributed by atoms with Gasteiger partial charge in [0.1, 0.15) is 18.2 Å². The maximum Gasteiger partial charge on any atom is 0.358 e. The van der Waals surface area contributed by atoms with Crippen LogP contribution in [-0.2, 0) is 11.3 Å². The van der Waals surface area contributed by atoms with Crippen molar-refractivity contribution in [2.24, 2.45) is 0 Å². The first kappa shape index (κ1) is 14.6. The highest BCUT2D eigenvalue weighted by Crippen LogP contribution is 2.18. The molecule has 0 saturated carbocycles. The Hall–Kier alpha value is -2.84. The number of benzene rings is 1. The minimum Gasteiger partial charge on any atom is -0.476 e. The van der Waals surface area contributed by atoms with Crippen molar-refractivity contribution in [3.63, 3.8) is 0 Å². The van der Waals surface area contributed by atoms with Gasteiger partial charge in [0.05, 0.1) is 11.9 Å². The molecule has 0 atom stereocenters. The summed E-state index contributed by atoms with van der Waals surface area (Å²) in [5.41, 5.74) is -0.509. The Morgan fingerprint density at radius 3 is 2.67 bits per heavy atom. The molecule has 9 heteroatoms. The Balaban J connectivity index is 2.08. The summed E-state index contributed by atoms with van der Waals surface area (Å²) in [6, 6.07) is 1.83. The van der Waals surface area contributed by atoms with Crippen molar-refractivity contribution < 1.29 is 23.5 Å². The van der Waals surface area contributed by atoms with Crippen LogP contribution in [0.15, 0.2) is 18.3 Å². The largest absolute Gasteiger partial charge is 0.476 e. The number of carbonyl (C=O) groups is 2. The average Bonchev–Trinajstić information content (AvgIpc) is 2.84. The van der Waals surface area contributed by atoms with E-state index in [4.69, 9.17) is 5.11 Å². The third kappa shape index (κ3) is 3.38. The first-order chi connectivity index (χ1) is 9.86. The van der Waals surface area contributed by atoms with E-state index in [2.05, 4.69) is 15.6 Å². The van der Waals surface area contributed by atoms with Crippen LogP contribution < -0.4 is 5.32 Å². The Labute approximate surface area is 117 Å². The SMILES string of the molecule is Cc1cc(F)c(NC(=O)Cn2cc(C(=O)O)nn2)cc1F. The number of aromatic carboxylic acids is 1. The molecule has 0 saturated heterocycles. The van der Waals surface area contributed by atoms with E-state index in [1.54, 1.807) is 0 Å². The van der Waals surface area contributed by atoms with Crippen LogP contribution in [0.25, 0.3) is 0 Å². The monoisotopic (exact) mass is 296 g/mol. The molecule has 0 fully saturated rings. The Kier molecular flexibility index (Phi) is 3.92. The lowest BCUT2D eigenvalue weighted by Gasteiger charge is -2.07. The summed E-state index contributed by atoms with van der Waals surface area (Å²) in [5.74, 6) is -3.40. The molecule has 110 valence electrons. The number of hydrogen-bond acceptors (Lipinski definition) is 4. The molecule has 0 aliphatic carbocycles. The Bertz CT molecular complexity index is 715. The van der Waals surface area contributed by atoms with E-state index >= 15 is 0 Å². The fourth-order valence-corrected chi connectivity index (χ4v) is 1.55. The summed E-state index contributed by atoms with van der Waals surface area (Å²) in [6.07, 6.45) is 1.05. The van der Waals surface area contributed by atoms with E-state index in [9.17, 15) is 18.4 Å². The number of carboxylic acids is 1. The highest BCUT2D eigenvalue weighted by atomic mass is 19.1.